The Morgan fingerprint density at radius 3 is 2.71 bits per heavy atom. The molecule has 2 rings (SSSR count). The lowest BCUT2D eigenvalue weighted by atomic mass is 9.96. The zero-order chi connectivity index (χ0) is 15.1. The van der Waals surface area contributed by atoms with Crippen LogP contribution in [0.3, 0.4) is 0 Å². The second kappa shape index (κ2) is 8.57. The van der Waals surface area contributed by atoms with Crippen LogP contribution in [0, 0.1) is 11.8 Å². The van der Waals surface area contributed by atoms with Crippen molar-refractivity contribution in [2.45, 2.75) is 71.8 Å². The van der Waals surface area contributed by atoms with Gasteiger partial charge in [-0.2, -0.15) is 5.10 Å². The molecule has 0 spiro atoms. The van der Waals surface area contributed by atoms with Gasteiger partial charge >= 0.3 is 0 Å². The van der Waals surface area contributed by atoms with E-state index in [1.54, 1.807) is 0 Å². The topological polar surface area (TPSA) is 29.9 Å². The van der Waals surface area contributed by atoms with Gasteiger partial charge < -0.3 is 5.32 Å². The molecule has 1 saturated carbocycles. The van der Waals surface area contributed by atoms with Crippen molar-refractivity contribution in [1.29, 1.82) is 0 Å². The Morgan fingerprint density at radius 1 is 1.24 bits per heavy atom. The molecule has 1 aliphatic rings. The number of hydrogen-bond donors (Lipinski definition) is 1. The predicted octanol–water partition coefficient (Wildman–Crippen LogP) is 4.20. The van der Waals surface area contributed by atoms with Crippen molar-refractivity contribution in [3.8, 4) is 0 Å². The zero-order valence-corrected chi connectivity index (χ0v) is 14.1. The summed E-state index contributed by atoms with van der Waals surface area (Å²) in [5, 5.41) is 8.36. The Kier molecular flexibility index (Phi) is 6.75. The van der Waals surface area contributed by atoms with Gasteiger partial charge in [-0.3, -0.25) is 4.68 Å². The molecule has 0 aromatic carbocycles. The molecule has 0 amide bonds. The van der Waals surface area contributed by atoms with Crippen molar-refractivity contribution in [3.05, 3.63) is 18.0 Å². The van der Waals surface area contributed by atoms with Crippen molar-refractivity contribution in [2.75, 3.05) is 13.1 Å². The van der Waals surface area contributed by atoms with Crippen molar-refractivity contribution < 1.29 is 0 Å². The van der Waals surface area contributed by atoms with Crippen molar-refractivity contribution in [3.63, 3.8) is 0 Å². The molecule has 1 atom stereocenters. The molecule has 3 nitrogen and oxygen atoms in total. The van der Waals surface area contributed by atoms with Gasteiger partial charge in [0.1, 0.15) is 0 Å². The van der Waals surface area contributed by atoms with Gasteiger partial charge in [0.25, 0.3) is 0 Å². The van der Waals surface area contributed by atoms with E-state index in [9.17, 15) is 0 Å². The van der Waals surface area contributed by atoms with Crippen LogP contribution in [-0.4, -0.2) is 22.9 Å². The SMILES string of the molecule is CC(C)CNCCC(C)Cc1ccn(C2CCCCC2)n1. The van der Waals surface area contributed by atoms with E-state index < -0.39 is 0 Å². The second-order valence-corrected chi connectivity index (χ2v) is 7.27. The summed E-state index contributed by atoms with van der Waals surface area (Å²) in [6.45, 7) is 9.12. The van der Waals surface area contributed by atoms with Crippen LogP contribution < -0.4 is 5.32 Å². The maximum atomic E-state index is 4.83. The third kappa shape index (κ3) is 5.82. The summed E-state index contributed by atoms with van der Waals surface area (Å²) in [7, 11) is 0. The van der Waals surface area contributed by atoms with E-state index >= 15 is 0 Å². The minimum atomic E-state index is 0.663. The summed E-state index contributed by atoms with van der Waals surface area (Å²) >= 11 is 0. The second-order valence-electron chi connectivity index (χ2n) is 7.27. The lowest BCUT2D eigenvalue weighted by Crippen LogP contribution is -2.22. The normalized spacial score (nSPS) is 18.3. The molecule has 1 N–H and O–H groups in total. The van der Waals surface area contributed by atoms with Crippen molar-refractivity contribution >= 4 is 0 Å². The summed E-state index contributed by atoms with van der Waals surface area (Å²) in [5.41, 5.74) is 1.27. The van der Waals surface area contributed by atoms with Gasteiger partial charge in [-0.05, 0) is 56.7 Å². The number of aromatic nitrogens is 2. The third-order valence-corrected chi connectivity index (χ3v) is 4.54. The minimum Gasteiger partial charge on any atom is -0.316 e. The zero-order valence-electron chi connectivity index (χ0n) is 14.1. The Hall–Kier alpha value is -0.830. The minimum absolute atomic E-state index is 0.663. The van der Waals surface area contributed by atoms with Gasteiger partial charge in [0, 0.05) is 6.20 Å². The molecule has 1 aliphatic carbocycles. The quantitative estimate of drug-likeness (QED) is 0.727. The highest BCUT2D eigenvalue weighted by Gasteiger charge is 2.16. The molecule has 0 bridgehead atoms. The van der Waals surface area contributed by atoms with E-state index in [-0.39, 0.29) is 0 Å². The van der Waals surface area contributed by atoms with Crippen LogP contribution in [0.1, 0.15) is 71.0 Å². The first kappa shape index (κ1) is 16.5. The summed E-state index contributed by atoms with van der Waals surface area (Å²) in [6.07, 6.45) is 11.3. The molecule has 1 fully saturated rings. The highest BCUT2D eigenvalue weighted by Crippen LogP contribution is 2.27. The molecule has 3 heteroatoms. The predicted molar refractivity (Wildman–Crippen MR) is 89.5 cm³/mol. The maximum Gasteiger partial charge on any atom is 0.0627 e. The Morgan fingerprint density at radius 2 is 2.00 bits per heavy atom. The lowest BCUT2D eigenvalue weighted by Gasteiger charge is -2.21. The Bertz CT molecular complexity index is 391. The fourth-order valence-corrected chi connectivity index (χ4v) is 3.23. The number of nitrogens with one attached hydrogen (secondary N) is 1. The average Bonchev–Trinajstić information content (AvgIpc) is 2.93. The van der Waals surface area contributed by atoms with Gasteiger partial charge in [-0.25, -0.2) is 0 Å². The Labute approximate surface area is 130 Å². The van der Waals surface area contributed by atoms with Gasteiger partial charge in [0.15, 0.2) is 0 Å². The molecule has 0 aliphatic heterocycles. The van der Waals surface area contributed by atoms with E-state index in [2.05, 4.69) is 43.0 Å². The largest absolute Gasteiger partial charge is 0.316 e. The van der Waals surface area contributed by atoms with E-state index in [1.807, 2.05) is 0 Å². The lowest BCUT2D eigenvalue weighted by molar-refractivity contribution is 0.327. The van der Waals surface area contributed by atoms with Gasteiger partial charge in [-0.15, -0.1) is 0 Å². The molecule has 0 radical (unpaired) electrons. The molecule has 0 saturated heterocycles. The molecule has 1 aromatic heterocycles. The van der Waals surface area contributed by atoms with Gasteiger partial charge in [0.2, 0.25) is 0 Å². The fourth-order valence-electron chi connectivity index (χ4n) is 3.23. The first-order valence-electron chi connectivity index (χ1n) is 8.90. The highest BCUT2D eigenvalue weighted by atomic mass is 15.3. The van der Waals surface area contributed by atoms with Crippen LogP contribution in [0.25, 0.3) is 0 Å². The van der Waals surface area contributed by atoms with E-state index in [0.717, 1.165) is 25.4 Å². The van der Waals surface area contributed by atoms with Crippen molar-refractivity contribution in [1.82, 2.24) is 15.1 Å². The standard InChI is InChI=1S/C18H33N3/c1-15(2)14-19-11-9-16(3)13-17-10-12-21(20-17)18-7-5-4-6-8-18/h10,12,15-16,18-19H,4-9,11,13-14H2,1-3H3. The molecule has 21 heavy (non-hydrogen) atoms. The van der Waals surface area contributed by atoms with Gasteiger partial charge in [0.05, 0.1) is 11.7 Å². The average molecular weight is 291 g/mol. The number of nitrogens with zero attached hydrogens (tertiary/aromatic N) is 2. The smallest absolute Gasteiger partial charge is 0.0627 e. The van der Waals surface area contributed by atoms with Crippen molar-refractivity contribution in [2.24, 2.45) is 11.8 Å². The first-order chi connectivity index (χ1) is 10.1. The third-order valence-electron chi connectivity index (χ3n) is 4.54. The maximum absolute atomic E-state index is 4.83. The van der Waals surface area contributed by atoms with Crippen LogP contribution >= 0.6 is 0 Å². The fraction of sp³-hybridized carbons (Fsp3) is 0.833. The van der Waals surface area contributed by atoms with E-state index in [0.29, 0.717) is 12.0 Å². The number of rotatable bonds is 8. The summed E-state index contributed by atoms with van der Waals surface area (Å²) in [6, 6.07) is 2.89. The van der Waals surface area contributed by atoms with Crippen LogP contribution in [0.4, 0.5) is 0 Å². The molecule has 1 heterocycles. The van der Waals surface area contributed by atoms with E-state index in [1.165, 1.54) is 44.2 Å². The summed E-state index contributed by atoms with van der Waals surface area (Å²) < 4.78 is 2.23. The summed E-state index contributed by atoms with van der Waals surface area (Å²) in [4.78, 5) is 0. The first-order valence-corrected chi connectivity index (χ1v) is 8.90. The van der Waals surface area contributed by atoms with Crippen LogP contribution in [0.15, 0.2) is 12.3 Å². The monoisotopic (exact) mass is 291 g/mol. The molecule has 120 valence electrons. The molecule has 1 unspecified atom stereocenters. The highest BCUT2D eigenvalue weighted by molar-refractivity contribution is 5.01. The van der Waals surface area contributed by atoms with Crippen LogP contribution in [-0.2, 0) is 6.42 Å². The van der Waals surface area contributed by atoms with Crippen LogP contribution in [0.5, 0.6) is 0 Å². The van der Waals surface area contributed by atoms with Gasteiger partial charge in [-0.1, -0.05) is 40.0 Å². The molecular weight excluding hydrogens is 258 g/mol. The molecular formula is C18H33N3. The summed E-state index contributed by atoms with van der Waals surface area (Å²) in [5.74, 6) is 1.45. The van der Waals surface area contributed by atoms with Crippen LogP contribution in [0.2, 0.25) is 0 Å². The number of hydrogen-bond acceptors (Lipinski definition) is 2. The van der Waals surface area contributed by atoms with E-state index in [4.69, 9.17) is 5.10 Å². The molecule has 1 aromatic rings. The Balaban J connectivity index is 1.71.